The maximum Gasteiger partial charge on any atom is 0.264 e. The highest BCUT2D eigenvalue weighted by molar-refractivity contribution is 7.92. The normalized spacial score (nSPS) is 12.2. The van der Waals surface area contributed by atoms with E-state index in [9.17, 15) is 18.0 Å². The van der Waals surface area contributed by atoms with E-state index >= 15 is 0 Å². The summed E-state index contributed by atoms with van der Waals surface area (Å²) in [4.78, 5) is 28.4. The fourth-order valence-corrected chi connectivity index (χ4v) is 5.55. The Morgan fingerprint density at radius 3 is 2.13 bits per heavy atom. The van der Waals surface area contributed by atoms with E-state index < -0.39 is 28.5 Å². The monoisotopic (exact) mass is 535 g/mol. The van der Waals surface area contributed by atoms with Gasteiger partial charge in [-0.05, 0) is 82.5 Å². The zero-order valence-electron chi connectivity index (χ0n) is 22.9. The Labute approximate surface area is 226 Å². The topological polar surface area (TPSA) is 86.8 Å². The molecule has 38 heavy (non-hydrogen) atoms. The number of hydrogen-bond donors (Lipinski definition) is 1. The van der Waals surface area contributed by atoms with Crippen LogP contribution in [0.15, 0.2) is 77.7 Å². The third kappa shape index (κ3) is 7.01. The summed E-state index contributed by atoms with van der Waals surface area (Å²) in [5.74, 6) is -0.778. The van der Waals surface area contributed by atoms with Gasteiger partial charge in [0, 0.05) is 12.6 Å². The van der Waals surface area contributed by atoms with Gasteiger partial charge in [-0.1, -0.05) is 54.1 Å². The van der Waals surface area contributed by atoms with E-state index in [1.165, 1.54) is 17.0 Å². The molecule has 2 amide bonds. The Kier molecular flexibility index (Phi) is 9.33. The number of benzene rings is 3. The molecule has 0 spiro atoms. The predicted octanol–water partition coefficient (Wildman–Crippen LogP) is 4.75. The average Bonchev–Trinajstić information content (AvgIpc) is 2.87. The van der Waals surface area contributed by atoms with Crippen molar-refractivity contribution in [3.8, 4) is 0 Å². The molecule has 0 fully saturated rings. The molecule has 3 aromatic rings. The first kappa shape index (κ1) is 28.9. The number of anilines is 1. The zero-order valence-corrected chi connectivity index (χ0v) is 23.7. The molecule has 202 valence electrons. The fourth-order valence-electron chi connectivity index (χ4n) is 4.12. The minimum absolute atomic E-state index is 0.0851. The van der Waals surface area contributed by atoms with Gasteiger partial charge < -0.3 is 10.2 Å². The Bertz CT molecular complexity index is 1390. The van der Waals surface area contributed by atoms with Crippen LogP contribution in [0, 0.1) is 20.8 Å². The predicted molar refractivity (Wildman–Crippen MR) is 151 cm³/mol. The lowest BCUT2D eigenvalue weighted by atomic mass is 10.1. The Hall–Kier alpha value is -3.65. The zero-order chi connectivity index (χ0) is 28.0. The molecule has 0 aliphatic heterocycles. The highest BCUT2D eigenvalue weighted by Crippen LogP contribution is 2.26. The van der Waals surface area contributed by atoms with Gasteiger partial charge in [0.25, 0.3) is 10.0 Å². The molecule has 0 saturated heterocycles. The van der Waals surface area contributed by atoms with Gasteiger partial charge in [-0.25, -0.2) is 8.42 Å². The lowest BCUT2D eigenvalue weighted by Crippen LogP contribution is -2.52. The molecule has 1 atom stereocenters. The minimum atomic E-state index is -4.07. The maximum atomic E-state index is 13.9. The van der Waals surface area contributed by atoms with Gasteiger partial charge in [-0.2, -0.15) is 0 Å². The van der Waals surface area contributed by atoms with Crippen molar-refractivity contribution in [2.75, 3.05) is 10.8 Å². The summed E-state index contributed by atoms with van der Waals surface area (Å²) >= 11 is 0. The first-order valence-electron chi connectivity index (χ1n) is 12.7. The molecule has 0 saturated carbocycles. The van der Waals surface area contributed by atoms with Crippen LogP contribution in [0.25, 0.3) is 0 Å². The van der Waals surface area contributed by atoms with Crippen molar-refractivity contribution in [2.24, 2.45) is 0 Å². The van der Waals surface area contributed by atoms with Crippen LogP contribution in [0.1, 0.15) is 43.0 Å². The Morgan fingerprint density at radius 2 is 1.53 bits per heavy atom. The van der Waals surface area contributed by atoms with Crippen LogP contribution in [0.2, 0.25) is 0 Å². The van der Waals surface area contributed by atoms with Gasteiger partial charge in [-0.3, -0.25) is 13.9 Å². The molecule has 0 heterocycles. The van der Waals surface area contributed by atoms with Crippen LogP contribution in [0.4, 0.5) is 5.69 Å². The van der Waals surface area contributed by atoms with Crippen molar-refractivity contribution in [3.63, 3.8) is 0 Å². The van der Waals surface area contributed by atoms with Crippen molar-refractivity contribution in [1.29, 1.82) is 0 Å². The van der Waals surface area contributed by atoms with Gasteiger partial charge in [-0.15, -0.1) is 0 Å². The summed E-state index contributed by atoms with van der Waals surface area (Å²) in [5, 5.41) is 2.87. The second-order valence-electron chi connectivity index (χ2n) is 9.94. The number of sulfonamides is 1. The number of carbonyl (C=O) groups excluding carboxylic acids is 2. The summed E-state index contributed by atoms with van der Waals surface area (Å²) in [5.41, 5.74) is 4.19. The maximum absolute atomic E-state index is 13.9. The van der Waals surface area contributed by atoms with Crippen molar-refractivity contribution < 1.29 is 18.0 Å². The van der Waals surface area contributed by atoms with Crippen LogP contribution >= 0.6 is 0 Å². The summed E-state index contributed by atoms with van der Waals surface area (Å²) in [6.45, 7) is 10.9. The van der Waals surface area contributed by atoms with E-state index in [0.717, 1.165) is 26.6 Å². The second kappa shape index (κ2) is 12.3. The molecular weight excluding hydrogens is 498 g/mol. The van der Waals surface area contributed by atoms with Crippen molar-refractivity contribution in [3.05, 3.63) is 95.1 Å². The summed E-state index contributed by atoms with van der Waals surface area (Å²) < 4.78 is 28.8. The van der Waals surface area contributed by atoms with Gasteiger partial charge in [0.1, 0.15) is 12.6 Å². The van der Waals surface area contributed by atoms with Gasteiger partial charge in [0.2, 0.25) is 11.8 Å². The largest absolute Gasteiger partial charge is 0.352 e. The minimum Gasteiger partial charge on any atom is -0.352 e. The molecule has 8 heteroatoms. The van der Waals surface area contributed by atoms with E-state index in [-0.39, 0.29) is 23.4 Å². The fraction of sp³-hybridized carbons (Fsp3) is 0.333. The number of rotatable bonds is 10. The van der Waals surface area contributed by atoms with E-state index in [0.29, 0.717) is 5.69 Å². The van der Waals surface area contributed by atoms with E-state index in [4.69, 9.17) is 0 Å². The Balaban J connectivity index is 2.05. The van der Waals surface area contributed by atoms with Crippen LogP contribution in [0.5, 0.6) is 0 Å². The second-order valence-corrected chi connectivity index (χ2v) is 11.8. The highest BCUT2D eigenvalue weighted by Gasteiger charge is 2.32. The van der Waals surface area contributed by atoms with E-state index in [2.05, 4.69) is 5.32 Å². The molecule has 0 bridgehead atoms. The molecule has 3 rings (SSSR count). The third-order valence-electron chi connectivity index (χ3n) is 6.42. The average molecular weight is 536 g/mol. The quantitative estimate of drug-likeness (QED) is 0.406. The number of carbonyl (C=O) groups is 2. The third-order valence-corrected chi connectivity index (χ3v) is 8.21. The number of hydrogen-bond acceptors (Lipinski definition) is 4. The molecule has 0 aromatic heterocycles. The number of nitrogens with zero attached hydrogens (tertiary/aromatic N) is 2. The van der Waals surface area contributed by atoms with Crippen LogP contribution in [-0.4, -0.2) is 43.8 Å². The van der Waals surface area contributed by atoms with E-state index in [1.807, 2.05) is 65.0 Å². The molecule has 7 nitrogen and oxygen atoms in total. The standard InChI is InChI=1S/C30H37N3O4S/c1-21(2)31-30(35)25(6)32(19-26-12-10-11-22(3)17-26)29(34)20-33(27-16-15-23(4)24(5)18-27)38(36,37)28-13-8-7-9-14-28/h7-18,21,25H,19-20H2,1-6H3,(H,31,35). The Morgan fingerprint density at radius 1 is 0.842 bits per heavy atom. The molecular formula is C30H37N3O4S. The molecule has 0 radical (unpaired) electrons. The lowest BCUT2D eigenvalue weighted by molar-refractivity contribution is -0.139. The summed E-state index contributed by atoms with van der Waals surface area (Å²) in [6.07, 6.45) is 0. The van der Waals surface area contributed by atoms with E-state index in [1.54, 1.807) is 37.3 Å². The summed E-state index contributed by atoms with van der Waals surface area (Å²) in [7, 11) is -4.07. The molecule has 0 aliphatic rings. The first-order valence-corrected chi connectivity index (χ1v) is 14.1. The lowest BCUT2D eigenvalue weighted by Gasteiger charge is -2.32. The van der Waals surface area contributed by atoms with Crippen molar-refractivity contribution in [2.45, 2.75) is 65.1 Å². The highest BCUT2D eigenvalue weighted by atomic mass is 32.2. The molecule has 3 aromatic carbocycles. The smallest absolute Gasteiger partial charge is 0.264 e. The van der Waals surface area contributed by atoms with Gasteiger partial charge in [0.05, 0.1) is 10.6 Å². The van der Waals surface area contributed by atoms with Crippen LogP contribution in [-0.2, 0) is 26.2 Å². The van der Waals surface area contributed by atoms with Crippen molar-refractivity contribution in [1.82, 2.24) is 10.2 Å². The van der Waals surface area contributed by atoms with Crippen LogP contribution in [0.3, 0.4) is 0 Å². The first-order chi connectivity index (χ1) is 17.9. The van der Waals surface area contributed by atoms with Crippen LogP contribution < -0.4 is 9.62 Å². The number of amides is 2. The molecule has 1 N–H and O–H groups in total. The molecule has 0 aliphatic carbocycles. The molecule has 1 unspecified atom stereocenters. The SMILES string of the molecule is Cc1cccc(CN(C(=O)CN(c2ccc(C)c(C)c2)S(=O)(=O)c2ccccc2)C(C)C(=O)NC(C)C)c1. The van der Waals surface area contributed by atoms with Crippen molar-refractivity contribution >= 4 is 27.5 Å². The van der Waals surface area contributed by atoms with Gasteiger partial charge in [0.15, 0.2) is 0 Å². The summed E-state index contributed by atoms with van der Waals surface area (Å²) in [6, 6.07) is 20.1. The number of aryl methyl sites for hydroxylation is 3. The van der Waals surface area contributed by atoms with Gasteiger partial charge >= 0.3 is 0 Å². The number of nitrogens with one attached hydrogen (secondary N) is 1.